The molecule has 0 saturated heterocycles. The van der Waals surface area contributed by atoms with E-state index in [9.17, 15) is 19.2 Å². The third kappa shape index (κ3) is 4.83. The first kappa shape index (κ1) is 24.6. The van der Waals surface area contributed by atoms with Crippen molar-refractivity contribution in [2.75, 3.05) is 14.1 Å². The maximum absolute atomic E-state index is 13.4. The molecule has 0 aliphatic carbocycles. The van der Waals surface area contributed by atoms with E-state index in [4.69, 9.17) is 0 Å². The molecule has 0 saturated carbocycles. The van der Waals surface area contributed by atoms with E-state index in [1.807, 2.05) is 37.3 Å². The van der Waals surface area contributed by atoms with Gasteiger partial charge in [-0.05, 0) is 30.2 Å². The van der Waals surface area contributed by atoms with Gasteiger partial charge in [-0.25, -0.2) is 14.3 Å². The average molecular weight is 489 g/mol. The van der Waals surface area contributed by atoms with Gasteiger partial charge in [0.1, 0.15) is 6.54 Å². The molecule has 2 heterocycles. The lowest BCUT2D eigenvalue weighted by molar-refractivity contribution is -0.131. The minimum atomic E-state index is -0.589. The van der Waals surface area contributed by atoms with Crippen molar-refractivity contribution in [3.8, 4) is 0 Å². The number of fused-ring (bicyclic) bond motifs is 1. The van der Waals surface area contributed by atoms with Gasteiger partial charge in [-0.3, -0.25) is 19.0 Å². The Hall–Kier alpha value is -4.47. The minimum absolute atomic E-state index is 0.196. The van der Waals surface area contributed by atoms with Gasteiger partial charge in [0.25, 0.3) is 11.5 Å². The standard InChI is InChI=1S/C26H28N6O4/c1-4-30-17-28-23-22(30)25(35)32(26(36)31(23)15-18-8-6-5-7-9-18)16-21(33)29(3)14-19-10-12-20(13-11-19)24(34)27-2/h5-13,17H,4,14-16H2,1-3H3,(H,27,34). The van der Waals surface area contributed by atoms with Gasteiger partial charge in [0, 0.05) is 32.7 Å². The number of aryl methyl sites for hydroxylation is 1. The number of carbonyl (C=O) groups excluding carboxylic acids is 2. The Labute approximate surface area is 207 Å². The molecule has 0 aliphatic heterocycles. The summed E-state index contributed by atoms with van der Waals surface area (Å²) in [7, 11) is 3.17. The van der Waals surface area contributed by atoms with Crippen LogP contribution in [0.3, 0.4) is 0 Å². The number of nitrogens with zero attached hydrogens (tertiary/aromatic N) is 5. The summed E-state index contributed by atoms with van der Waals surface area (Å²) in [5.41, 5.74) is 1.65. The molecule has 186 valence electrons. The minimum Gasteiger partial charge on any atom is -0.355 e. The summed E-state index contributed by atoms with van der Waals surface area (Å²) in [6, 6.07) is 16.3. The molecule has 4 rings (SSSR count). The summed E-state index contributed by atoms with van der Waals surface area (Å²) in [4.78, 5) is 57.3. The molecule has 0 atom stereocenters. The van der Waals surface area contributed by atoms with Crippen LogP contribution in [0.25, 0.3) is 11.2 Å². The summed E-state index contributed by atoms with van der Waals surface area (Å²) in [6.07, 6.45) is 1.54. The predicted molar refractivity (Wildman–Crippen MR) is 136 cm³/mol. The second-order valence-electron chi connectivity index (χ2n) is 8.47. The number of hydrogen-bond acceptors (Lipinski definition) is 5. The summed E-state index contributed by atoms with van der Waals surface area (Å²) >= 11 is 0. The molecule has 10 nitrogen and oxygen atoms in total. The number of aromatic nitrogens is 4. The highest BCUT2D eigenvalue weighted by atomic mass is 16.2. The first-order chi connectivity index (χ1) is 17.3. The zero-order chi connectivity index (χ0) is 25.8. The topological polar surface area (TPSA) is 111 Å². The second kappa shape index (κ2) is 10.4. The SMILES string of the molecule is CCn1cnc2c1c(=O)n(CC(=O)N(C)Cc1ccc(C(=O)NC)cc1)c(=O)n2Cc1ccccc1. The van der Waals surface area contributed by atoms with Crippen molar-refractivity contribution >= 4 is 23.0 Å². The highest BCUT2D eigenvalue weighted by molar-refractivity contribution is 5.93. The normalized spacial score (nSPS) is 11.0. The van der Waals surface area contributed by atoms with Crippen LogP contribution in [0.2, 0.25) is 0 Å². The fourth-order valence-corrected chi connectivity index (χ4v) is 4.05. The molecule has 10 heteroatoms. The fourth-order valence-electron chi connectivity index (χ4n) is 4.05. The van der Waals surface area contributed by atoms with Crippen LogP contribution >= 0.6 is 0 Å². The van der Waals surface area contributed by atoms with Crippen molar-refractivity contribution in [2.45, 2.75) is 33.1 Å². The van der Waals surface area contributed by atoms with Crippen LogP contribution in [0.1, 0.15) is 28.4 Å². The van der Waals surface area contributed by atoms with Crippen LogP contribution in [0.5, 0.6) is 0 Å². The van der Waals surface area contributed by atoms with E-state index >= 15 is 0 Å². The van der Waals surface area contributed by atoms with Crippen molar-refractivity contribution in [3.05, 3.63) is 98.5 Å². The van der Waals surface area contributed by atoms with E-state index in [0.29, 0.717) is 17.8 Å². The number of hydrogen-bond donors (Lipinski definition) is 1. The average Bonchev–Trinajstić information content (AvgIpc) is 3.33. The molecule has 0 spiro atoms. The van der Waals surface area contributed by atoms with Gasteiger partial charge in [-0.1, -0.05) is 42.5 Å². The molecule has 2 aromatic carbocycles. The third-order valence-corrected chi connectivity index (χ3v) is 6.09. The van der Waals surface area contributed by atoms with Crippen molar-refractivity contribution in [2.24, 2.45) is 0 Å². The second-order valence-corrected chi connectivity index (χ2v) is 8.47. The van der Waals surface area contributed by atoms with E-state index < -0.39 is 23.7 Å². The fraction of sp³-hybridized carbons (Fsp3) is 0.269. The Bertz CT molecular complexity index is 1520. The zero-order valence-electron chi connectivity index (χ0n) is 20.5. The number of carbonyl (C=O) groups is 2. The number of imidazole rings is 1. The van der Waals surface area contributed by atoms with Crippen LogP contribution in [0, 0.1) is 0 Å². The number of nitrogens with one attached hydrogen (secondary N) is 1. The van der Waals surface area contributed by atoms with Gasteiger partial charge in [0.05, 0.1) is 12.9 Å². The Kier molecular flexibility index (Phi) is 7.14. The number of likely N-dealkylation sites (N-methyl/N-ethyl adjacent to an activating group) is 1. The molecule has 0 radical (unpaired) electrons. The largest absolute Gasteiger partial charge is 0.355 e. The van der Waals surface area contributed by atoms with E-state index in [0.717, 1.165) is 15.7 Å². The first-order valence-corrected chi connectivity index (χ1v) is 11.6. The first-order valence-electron chi connectivity index (χ1n) is 11.6. The van der Waals surface area contributed by atoms with Crippen molar-refractivity contribution in [1.29, 1.82) is 0 Å². The van der Waals surface area contributed by atoms with Crippen molar-refractivity contribution in [1.82, 2.24) is 28.9 Å². The van der Waals surface area contributed by atoms with E-state index in [-0.39, 0.29) is 24.5 Å². The Balaban J connectivity index is 1.65. The molecule has 2 amide bonds. The Morgan fingerprint density at radius 3 is 2.31 bits per heavy atom. The highest BCUT2D eigenvalue weighted by Gasteiger charge is 2.21. The predicted octanol–water partition coefficient (Wildman–Crippen LogP) is 1.45. The van der Waals surface area contributed by atoms with Crippen LogP contribution < -0.4 is 16.6 Å². The molecule has 1 N–H and O–H groups in total. The number of rotatable bonds is 8. The Morgan fingerprint density at radius 1 is 0.972 bits per heavy atom. The Morgan fingerprint density at radius 2 is 1.67 bits per heavy atom. The maximum Gasteiger partial charge on any atom is 0.333 e. The van der Waals surface area contributed by atoms with Gasteiger partial charge >= 0.3 is 5.69 Å². The maximum atomic E-state index is 13.4. The quantitative estimate of drug-likeness (QED) is 0.404. The molecule has 0 unspecified atom stereocenters. The van der Waals surface area contributed by atoms with Gasteiger partial charge in [0.2, 0.25) is 5.91 Å². The number of amides is 2. The molecular weight excluding hydrogens is 460 g/mol. The van der Waals surface area contributed by atoms with Gasteiger partial charge in [-0.2, -0.15) is 0 Å². The summed E-state index contributed by atoms with van der Waals surface area (Å²) in [5.74, 6) is -0.586. The smallest absolute Gasteiger partial charge is 0.333 e. The molecule has 2 aromatic heterocycles. The number of benzene rings is 2. The third-order valence-electron chi connectivity index (χ3n) is 6.09. The summed E-state index contributed by atoms with van der Waals surface area (Å²) < 4.78 is 4.09. The zero-order valence-corrected chi connectivity index (χ0v) is 20.5. The van der Waals surface area contributed by atoms with Gasteiger partial charge in [0.15, 0.2) is 11.2 Å². The van der Waals surface area contributed by atoms with E-state index in [2.05, 4.69) is 10.3 Å². The van der Waals surface area contributed by atoms with E-state index in [1.54, 1.807) is 42.9 Å². The monoisotopic (exact) mass is 488 g/mol. The van der Waals surface area contributed by atoms with Crippen LogP contribution in [-0.4, -0.2) is 49.5 Å². The van der Waals surface area contributed by atoms with Gasteiger partial charge in [-0.15, -0.1) is 0 Å². The molecule has 36 heavy (non-hydrogen) atoms. The summed E-state index contributed by atoms with van der Waals surface area (Å²) in [6.45, 7) is 2.46. The lowest BCUT2D eigenvalue weighted by atomic mass is 10.1. The summed E-state index contributed by atoms with van der Waals surface area (Å²) in [5, 5.41) is 2.56. The molecule has 0 bridgehead atoms. The van der Waals surface area contributed by atoms with Crippen LogP contribution in [0.4, 0.5) is 0 Å². The van der Waals surface area contributed by atoms with Crippen molar-refractivity contribution < 1.29 is 9.59 Å². The van der Waals surface area contributed by atoms with E-state index in [1.165, 1.54) is 15.8 Å². The lowest BCUT2D eigenvalue weighted by Gasteiger charge is -2.19. The highest BCUT2D eigenvalue weighted by Crippen LogP contribution is 2.11. The molecule has 0 aliphatic rings. The van der Waals surface area contributed by atoms with Crippen molar-refractivity contribution in [3.63, 3.8) is 0 Å². The molecule has 0 fully saturated rings. The lowest BCUT2D eigenvalue weighted by Crippen LogP contribution is -2.44. The molecule has 4 aromatic rings. The van der Waals surface area contributed by atoms with Crippen LogP contribution in [0.15, 0.2) is 70.5 Å². The van der Waals surface area contributed by atoms with Gasteiger partial charge < -0.3 is 14.8 Å². The molecular formula is C26H28N6O4. The van der Waals surface area contributed by atoms with Crippen LogP contribution in [-0.2, 0) is 31.0 Å².